The molecule has 1 amide bonds. The van der Waals surface area contributed by atoms with Crippen LogP contribution < -0.4 is 5.32 Å². The van der Waals surface area contributed by atoms with Crippen molar-refractivity contribution in [2.45, 2.75) is 38.1 Å². The van der Waals surface area contributed by atoms with Crippen LogP contribution in [0.15, 0.2) is 12.3 Å². The van der Waals surface area contributed by atoms with Gasteiger partial charge in [-0.05, 0) is 24.8 Å². The van der Waals surface area contributed by atoms with E-state index in [1.165, 1.54) is 0 Å². The van der Waals surface area contributed by atoms with Crippen molar-refractivity contribution in [3.63, 3.8) is 0 Å². The lowest BCUT2D eigenvalue weighted by atomic mass is 9.73. The van der Waals surface area contributed by atoms with Gasteiger partial charge in [-0.15, -0.1) is 0 Å². The highest BCUT2D eigenvalue weighted by molar-refractivity contribution is 5.98. The molecule has 5 nitrogen and oxygen atoms in total. The number of carboxylic acid groups (broad SMARTS) is 1. The zero-order chi connectivity index (χ0) is 15.6. The number of hydrogen-bond acceptors (Lipinski definition) is 3. The van der Waals surface area contributed by atoms with Gasteiger partial charge in [-0.2, -0.15) is 4.39 Å². The molecule has 0 saturated heterocycles. The van der Waals surface area contributed by atoms with Gasteiger partial charge in [-0.25, -0.2) is 14.2 Å². The Labute approximate surface area is 120 Å². The van der Waals surface area contributed by atoms with E-state index in [1.807, 2.05) is 0 Å². The minimum Gasteiger partial charge on any atom is -0.479 e. The van der Waals surface area contributed by atoms with Gasteiger partial charge in [0.25, 0.3) is 5.91 Å². The predicted octanol–water partition coefficient (Wildman–Crippen LogP) is 2.12. The molecule has 114 valence electrons. The number of nitrogens with one attached hydrogen (secondary N) is 1. The molecule has 0 spiro atoms. The Balaban J connectivity index is 2.31. The molecule has 2 atom stereocenters. The van der Waals surface area contributed by atoms with Gasteiger partial charge in [0, 0.05) is 6.20 Å². The monoisotopic (exact) mass is 298 g/mol. The number of nitrogens with zero attached hydrogens (tertiary/aromatic N) is 1. The van der Waals surface area contributed by atoms with E-state index >= 15 is 0 Å². The summed E-state index contributed by atoms with van der Waals surface area (Å²) in [5.41, 5.74) is -1.98. The van der Waals surface area contributed by atoms with Gasteiger partial charge in [-0.1, -0.05) is 19.8 Å². The van der Waals surface area contributed by atoms with E-state index in [-0.39, 0.29) is 12.3 Å². The topological polar surface area (TPSA) is 79.3 Å². The number of amides is 1. The number of rotatable bonds is 3. The number of hydrogen-bond donors (Lipinski definition) is 2. The van der Waals surface area contributed by atoms with E-state index in [0.29, 0.717) is 12.8 Å². The molecule has 1 aliphatic carbocycles. The largest absolute Gasteiger partial charge is 0.479 e. The average Bonchev–Trinajstić information content (AvgIpc) is 2.44. The minimum atomic E-state index is -1.44. The van der Waals surface area contributed by atoms with Gasteiger partial charge < -0.3 is 10.4 Å². The van der Waals surface area contributed by atoms with Crippen LogP contribution in [0.1, 0.15) is 43.0 Å². The minimum absolute atomic E-state index is 0.268. The standard InChI is InChI=1S/C14H16F2N2O3/c1-8-4-2-3-6-14(8,13(20)21)18-12(19)9-5-7-17-11(16)10(9)15/h5,7-8H,2-4,6H2,1H3,(H,18,19)(H,20,21). The lowest BCUT2D eigenvalue weighted by Gasteiger charge is -2.39. The maximum absolute atomic E-state index is 13.6. The number of carbonyl (C=O) groups excluding carboxylic acids is 1. The van der Waals surface area contributed by atoms with Gasteiger partial charge in [0.2, 0.25) is 5.95 Å². The fourth-order valence-corrected chi connectivity index (χ4v) is 2.77. The molecular weight excluding hydrogens is 282 g/mol. The third-order valence-corrected chi connectivity index (χ3v) is 4.11. The van der Waals surface area contributed by atoms with Crippen molar-refractivity contribution >= 4 is 11.9 Å². The number of carbonyl (C=O) groups is 2. The van der Waals surface area contributed by atoms with Crippen molar-refractivity contribution in [3.8, 4) is 0 Å². The number of carboxylic acids is 1. The highest BCUT2D eigenvalue weighted by Crippen LogP contribution is 2.34. The molecule has 1 heterocycles. The summed E-state index contributed by atoms with van der Waals surface area (Å²) >= 11 is 0. The molecule has 1 aliphatic rings. The lowest BCUT2D eigenvalue weighted by molar-refractivity contribution is -0.148. The van der Waals surface area contributed by atoms with Crippen LogP contribution in [0.2, 0.25) is 0 Å². The molecule has 0 radical (unpaired) electrons. The van der Waals surface area contributed by atoms with E-state index in [9.17, 15) is 23.5 Å². The van der Waals surface area contributed by atoms with E-state index in [1.54, 1.807) is 6.92 Å². The molecule has 0 aromatic carbocycles. The van der Waals surface area contributed by atoms with Crippen LogP contribution in [0.4, 0.5) is 8.78 Å². The smallest absolute Gasteiger partial charge is 0.329 e. The molecule has 2 N–H and O–H groups in total. The number of aromatic nitrogens is 1. The third kappa shape index (κ3) is 2.72. The highest BCUT2D eigenvalue weighted by Gasteiger charge is 2.46. The van der Waals surface area contributed by atoms with Crippen LogP contribution in [0.3, 0.4) is 0 Å². The van der Waals surface area contributed by atoms with Crippen LogP contribution in [0, 0.1) is 17.7 Å². The van der Waals surface area contributed by atoms with Crippen molar-refractivity contribution in [1.29, 1.82) is 0 Å². The van der Waals surface area contributed by atoms with E-state index in [0.717, 1.165) is 18.7 Å². The average molecular weight is 298 g/mol. The van der Waals surface area contributed by atoms with Crippen molar-refractivity contribution in [2.24, 2.45) is 5.92 Å². The Morgan fingerprint density at radius 2 is 2.14 bits per heavy atom. The summed E-state index contributed by atoms with van der Waals surface area (Å²) in [6, 6.07) is 1.02. The van der Waals surface area contributed by atoms with Gasteiger partial charge in [0.05, 0.1) is 5.56 Å². The number of halogens is 2. The molecule has 1 fully saturated rings. The van der Waals surface area contributed by atoms with E-state index < -0.39 is 34.7 Å². The zero-order valence-corrected chi connectivity index (χ0v) is 11.5. The predicted molar refractivity (Wildman–Crippen MR) is 69.6 cm³/mol. The summed E-state index contributed by atoms with van der Waals surface area (Å²) in [4.78, 5) is 26.8. The molecule has 21 heavy (non-hydrogen) atoms. The second-order valence-corrected chi connectivity index (χ2v) is 5.34. The molecule has 2 unspecified atom stereocenters. The first-order valence-electron chi connectivity index (χ1n) is 6.74. The van der Waals surface area contributed by atoms with Gasteiger partial charge in [0.1, 0.15) is 5.54 Å². The number of aliphatic carboxylic acids is 1. The van der Waals surface area contributed by atoms with Gasteiger partial charge >= 0.3 is 5.97 Å². The normalized spacial score (nSPS) is 25.4. The Hall–Kier alpha value is -2.05. The van der Waals surface area contributed by atoms with Crippen LogP contribution >= 0.6 is 0 Å². The van der Waals surface area contributed by atoms with Crippen molar-refractivity contribution in [3.05, 3.63) is 29.6 Å². The van der Waals surface area contributed by atoms with Crippen molar-refractivity contribution < 1.29 is 23.5 Å². The molecule has 2 rings (SSSR count). The SMILES string of the molecule is CC1CCCCC1(NC(=O)c1ccnc(F)c1F)C(=O)O. The Morgan fingerprint density at radius 1 is 1.43 bits per heavy atom. The fourth-order valence-electron chi connectivity index (χ4n) is 2.77. The van der Waals surface area contributed by atoms with Crippen LogP contribution in [-0.4, -0.2) is 27.5 Å². The zero-order valence-electron chi connectivity index (χ0n) is 11.5. The number of pyridine rings is 1. The first kappa shape index (κ1) is 15.3. The van der Waals surface area contributed by atoms with E-state index in [2.05, 4.69) is 10.3 Å². The van der Waals surface area contributed by atoms with Crippen LogP contribution in [-0.2, 0) is 4.79 Å². The van der Waals surface area contributed by atoms with Crippen LogP contribution in [0.5, 0.6) is 0 Å². The molecule has 1 aromatic heterocycles. The van der Waals surface area contributed by atoms with Gasteiger partial charge in [-0.3, -0.25) is 4.79 Å². The summed E-state index contributed by atoms with van der Waals surface area (Å²) in [5.74, 6) is -5.15. The molecular formula is C14H16F2N2O3. The summed E-state index contributed by atoms with van der Waals surface area (Å²) in [5, 5.41) is 11.9. The van der Waals surface area contributed by atoms with Gasteiger partial charge in [0.15, 0.2) is 5.82 Å². The Morgan fingerprint density at radius 3 is 2.76 bits per heavy atom. The summed E-state index contributed by atoms with van der Waals surface area (Å²) in [7, 11) is 0. The Kier molecular flexibility index (Phi) is 4.20. The molecule has 0 bridgehead atoms. The first-order valence-corrected chi connectivity index (χ1v) is 6.74. The highest BCUT2D eigenvalue weighted by atomic mass is 19.2. The third-order valence-electron chi connectivity index (χ3n) is 4.11. The lowest BCUT2D eigenvalue weighted by Crippen LogP contribution is -2.60. The molecule has 1 saturated carbocycles. The Bertz CT molecular complexity index is 579. The van der Waals surface area contributed by atoms with Crippen molar-refractivity contribution in [1.82, 2.24) is 10.3 Å². The quantitative estimate of drug-likeness (QED) is 0.838. The fraction of sp³-hybridized carbons (Fsp3) is 0.500. The maximum atomic E-state index is 13.6. The summed E-state index contributed by atoms with van der Waals surface area (Å²) in [6.07, 6.45) is 3.42. The molecule has 1 aromatic rings. The first-order chi connectivity index (χ1) is 9.88. The summed E-state index contributed by atoms with van der Waals surface area (Å²) < 4.78 is 26.6. The summed E-state index contributed by atoms with van der Waals surface area (Å²) in [6.45, 7) is 1.73. The molecule has 0 aliphatic heterocycles. The maximum Gasteiger partial charge on any atom is 0.329 e. The van der Waals surface area contributed by atoms with E-state index in [4.69, 9.17) is 0 Å². The second kappa shape index (κ2) is 5.75. The second-order valence-electron chi connectivity index (χ2n) is 5.34. The van der Waals surface area contributed by atoms with Crippen molar-refractivity contribution in [2.75, 3.05) is 0 Å². The van der Waals surface area contributed by atoms with Crippen LogP contribution in [0.25, 0.3) is 0 Å². The molecule has 7 heteroatoms.